The van der Waals surface area contributed by atoms with Gasteiger partial charge in [-0.1, -0.05) is 18.7 Å². The maximum Gasteiger partial charge on any atom is 0.246 e. The van der Waals surface area contributed by atoms with Gasteiger partial charge < -0.3 is 24.8 Å². The monoisotopic (exact) mass is 593 g/mol. The maximum atomic E-state index is 14.7. The van der Waals surface area contributed by atoms with E-state index in [2.05, 4.69) is 76.4 Å². The number of rotatable bonds is 7. The van der Waals surface area contributed by atoms with Crippen LogP contribution in [0.3, 0.4) is 0 Å². The summed E-state index contributed by atoms with van der Waals surface area (Å²) in [6.45, 7) is 11.1. The second-order valence-electron chi connectivity index (χ2n) is 13.7. The zero-order valence-electron chi connectivity index (χ0n) is 26.5. The number of hydrogen-bond acceptors (Lipinski definition) is 9. The lowest BCUT2D eigenvalue weighted by Crippen LogP contribution is -2.75. The first-order valence-electron chi connectivity index (χ1n) is 16.2. The van der Waals surface area contributed by atoms with Crippen molar-refractivity contribution in [3.63, 3.8) is 0 Å². The zero-order chi connectivity index (χ0) is 30.3. The van der Waals surface area contributed by atoms with E-state index < -0.39 is 11.8 Å². The minimum absolute atomic E-state index is 0.0181. The van der Waals surface area contributed by atoms with Gasteiger partial charge in [0.15, 0.2) is 12.1 Å². The molecule has 236 valence electrons. The first-order valence-corrected chi connectivity index (χ1v) is 16.2. The highest BCUT2D eigenvalue weighted by Crippen LogP contribution is 2.47. The molecular weight excluding hydrogens is 542 g/mol. The molecule has 4 heterocycles. The van der Waals surface area contributed by atoms with Crippen LogP contribution in [0, 0.1) is 18.3 Å². The summed E-state index contributed by atoms with van der Waals surface area (Å²) in [4.78, 5) is 36.4. The van der Waals surface area contributed by atoms with Gasteiger partial charge in [0.1, 0.15) is 0 Å². The van der Waals surface area contributed by atoms with Crippen molar-refractivity contribution in [2.75, 3.05) is 71.9 Å². The van der Waals surface area contributed by atoms with Crippen molar-refractivity contribution in [1.82, 2.24) is 30.7 Å². The molecule has 10 heteroatoms. The van der Waals surface area contributed by atoms with Crippen LogP contribution >= 0.6 is 0 Å². The normalized spacial score (nSPS) is 35.2. The summed E-state index contributed by atoms with van der Waals surface area (Å²) in [6, 6.07) is 6.78. The zero-order valence-corrected chi connectivity index (χ0v) is 26.5. The van der Waals surface area contributed by atoms with Gasteiger partial charge in [-0.05, 0) is 82.9 Å². The molecule has 43 heavy (non-hydrogen) atoms. The average Bonchev–Trinajstić information content (AvgIpc) is 3.42. The Morgan fingerprint density at radius 2 is 2.02 bits per heavy atom. The first kappa shape index (κ1) is 30.7. The average molecular weight is 594 g/mol. The van der Waals surface area contributed by atoms with E-state index >= 15 is 0 Å². The van der Waals surface area contributed by atoms with Crippen LogP contribution in [0.4, 0.5) is 5.69 Å². The second kappa shape index (κ2) is 12.6. The molecule has 1 spiro atoms. The number of ketones is 1. The molecule has 4 fully saturated rings. The Kier molecular flexibility index (Phi) is 8.97. The van der Waals surface area contributed by atoms with Crippen molar-refractivity contribution in [3.8, 4) is 0 Å². The van der Waals surface area contributed by atoms with Gasteiger partial charge in [0.2, 0.25) is 5.91 Å². The number of likely N-dealkylation sites (tertiary alicyclic amines) is 1. The van der Waals surface area contributed by atoms with Gasteiger partial charge in [0, 0.05) is 57.4 Å². The van der Waals surface area contributed by atoms with E-state index in [1.807, 2.05) is 11.9 Å². The number of carbonyl (C=O) groups is 2. The molecule has 3 N–H and O–H groups in total. The highest BCUT2D eigenvalue weighted by atomic mass is 16.5. The maximum absolute atomic E-state index is 14.7. The van der Waals surface area contributed by atoms with Crippen LogP contribution in [-0.4, -0.2) is 124 Å². The number of ether oxygens (including phenoxy) is 1. The molecule has 1 amide bonds. The summed E-state index contributed by atoms with van der Waals surface area (Å²) in [5.41, 5.74) is 3.36. The fourth-order valence-electron chi connectivity index (χ4n) is 8.58. The lowest BCUT2D eigenvalue weighted by atomic mass is 9.61. The second-order valence-corrected chi connectivity index (χ2v) is 13.7. The molecule has 0 aromatic heterocycles. The fraction of sp³-hybridized carbons (Fsp3) is 0.697. The Hall–Kier alpha value is -2.34. The van der Waals surface area contributed by atoms with Crippen molar-refractivity contribution in [2.24, 2.45) is 11.3 Å². The standard InChI is InChI=1S/C33H51N7O3/c1-6-28(41)40-15-14-39(19-25(40)18-34-3)31-26-11-12-33(17-23-10-9-22(2)16-27(23)38(5)21-33)30(42)29(26)35-32(36-31)43-20-24-8-7-13-37(24)4/h6,9-10,16,24-26,29,31-32,34-36H,1,7-8,11-15,17-21H2,2-5H3/t24?,25?,26?,29?,31?,32?,33-/m0/s1. The van der Waals surface area contributed by atoms with Crippen LogP contribution in [0.5, 0.6) is 0 Å². The Bertz CT molecular complexity index is 1210. The Balaban J connectivity index is 1.25. The van der Waals surface area contributed by atoms with E-state index in [1.54, 1.807) is 0 Å². The van der Waals surface area contributed by atoms with Gasteiger partial charge in [-0.3, -0.25) is 25.1 Å². The van der Waals surface area contributed by atoms with E-state index in [1.165, 1.54) is 29.3 Å². The number of piperazine rings is 1. The van der Waals surface area contributed by atoms with Crippen molar-refractivity contribution in [2.45, 2.75) is 69.7 Å². The number of benzene rings is 1. The molecule has 1 aromatic rings. The topological polar surface area (TPSA) is 92.4 Å². The molecule has 6 rings (SSSR count). The number of nitrogens with one attached hydrogen (secondary N) is 3. The predicted molar refractivity (Wildman–Crippen MR) is 169 cm³/mol. The van der Waals surface area contributed by atoms with Gasteiger partial charge in [-0.2, -0.15) is 0 Å². The molecule has 1 saturated carbocycles. The SMILES string of the molecule is C=CC(=O)N1CCN(C2NC(OCC3CCCN3C)NC3C(=O)[C@@]4(CCC32)Cc2ccc(C)cc2N(C)C4)CC1CNC. The van der Waals surface area contributed by atoms with Gasteiger partial charge in [-0.25, -0.2) is 0 Å². The van der Waals surface area contributed by atoms with Gasteiger partial charge in [0.25, 0.3) is 0 Å². The van der Waals surface area contributed by atoms with Gasteiger partial charge >= 0.3 is 0 Å². The van der Waals surface area contributed by atoms with E-state index in [-0.39, 0.29) is 30.1 Å². The van der Waals surface area contributed by atoms with E-state index in [9.17, 15) is 9.59 Å². The highest BCUT2D eigenvalue weighted by Gasteiger charge is 2.56. The number of fused-ring (bicyclic) bond motifs is 2. The molecule has 5 aliphatic rings. The quantitative estimate of drug-likeness (QED) is 0.403. The fourth-order valence-corrected chi connectivity index (χ4v) is 8.58. The number of carbonyl (C=O) groups excluding carboxylic acids is 2. The molecule has 4 aliphatic heterocycles. The van der Waals surface area contributed by atoms with E-state index in [0.717, 1.165) is 51.9 Å². The van der Waals surface area contributed by atoms with E-state index in [4.69, 9.17) is 4.74 Å². The Labute approximate surface area is 257 Å². The van der Waals surface area contributed by atoms with Crippen LogP contribution in [0.15, 0.2) is 30.9 Å². The largest absolute Gasteiger partial charge is 0.373 e. The van der Waals surface area contributed by atoms with Gasteiger partial charge in [0.05, 0.1) is 30.3 Å². The molecule has 1 aliphatic carbocycles. The lowest BCUT2D eigenvalue weighted by molar-refractivity contribution is -0.152. The highest BCUT2D eigenvalue weighted by molar-refractivity contribution is 5.93. The minimum Gasteiger partial charge on any atom is -0.373 e. The van der Waals surface area contributed by atoms with Gasteiger partial charge in [-0.15, -0.1) is 0 Å². The van der Waals surface area contributed by atoms with Crippen molar-refractivity contribution >= 4 is 17.4 Å². The van der Waals surface area contributed by atoms with Crippen molar-refractivity contribution < 1.29 is 14.3 Å². The lowest BCUT2D eigenvalue weighted by Gasteiger charge is -2.56. The number of Topliss-reactive ketones (excluding diaryl/α,β-unsaturated/α-hetero) is 1. The minimum atomic E-state index is -0.411. The van der Waals surface area contributed by atoms with Crippen LogP contribution in [-0.2, 0) is 20.7 Å². The summed E-state index contributed by atoms with van der Waals surface area (Å²) >= 11 is 0. The summed E-state index contributed by atoms with van der Waals surface area (Å²) in [7, 11) is 6.23. The summed E-state index contributed by atoms with van der Waals surface area (Å²) in [5.74, 6) is 0.422. The number of hydrogen-bond donors (Lipinski definition) is 3. The number of anilines is 1. The molecule has 0 bridgehead atoms. The summed E-state index contributed by atoms with van der Waals surface area (Å²) in [6.07, 6.45) is 5.94. The van der Waals surface area contributed by atoms with Crippen molar-refractivity contribution in [1.29, 1.82) is 0 Å². The molecule has 0 radical (unpaired) electrons. The molecule has 1 aromatic carbocycles. The van der Waals surface area contributed by atoms with E-state index in [0.29, 0.717) is 31.5 Å². The van der Waals surface area contributed by atoms with Crippen LogP contribution in [0.1, 0.15) is 36.8 Å². The molecular formula is C33H51N7O3. The predicted octanol–water partition coefficient (Wildman–Crippen LogP) is 1.15. The number of amides is 1. The molecule has 10 nitrogen and oxygen atoms in total. The number of aryl methyl sites for hydroxylation is 1. The first-order chi connectivity index (χ1) is 20.7. The third-order valence-electron chi connectivity index (χ3n) is 10.9. The third-order valence-corrected chi connectivity index (χ3v) is 10.9. The smallest absolute Gasteiger partial charge is 0.246 e. The number of likely N-dealkylation sites (N-methyl/N-ethyl adjacent to an activating group) is 2. The summed E-state index contributed by atoms with van der Waals surface area (Å²) < 4.78 is 6.53. The third kappa shape index (κ3) is 5.90. The van der Waals surface area contributed by atoms with Crippen molar-refractivity contribution in [3.05, 3.63) is 42.0 Å². The summed E-state index contributed by atoms with van der Waals surface area (Å²) in [5, 5.41) is 10.7. The molecule has 3 saturated heterocycles. The van der Waals surface area contributed by atoms with Crippen LogP contribution < -0.4 is 20.9 Å². The van der Waals surface area contributed by atoms with Crippen LogP contribution in [0.2, 0.25) is 0 Å². The Morgan fingerprint density at radius 3 is 2.77 bits per heavy atom. The van der Waals surface area contributed by atoms with Crippen LogP contribution in [0.25, 0.3) is 0 Å². The molecule has 6 unspecified atom stereocenters. The molecule has 7 atom stereocenters. The number of nitrogens with zero attached hydrogens (tertiary/aromatic N) is 4. The Morgan fingerprint density at radius 1 is 1.19 bits per heavy atom.